The zero-order chi connectivity index (χ0) is 18.6. The number of hydrogen-bond donors (Lipinski definition) is 1. The van der Waals surface area contributed by atoms with Crippen LogP contribution in [-0.2, 0) is 4.79 Å². The van der Waals surface area contributed by atoms with Crippen LogP contribution in [-0.4, -0.2) is 39.4 Å². The molecule has 1 aliphatic carbocycles. The maximum absolute atomic E-state index is 13.5. The Kier molecular flexibility index (Phi) is 4.19. The lowest BCUT2D eigenvalue weighted by Gasteiger charge is -2.32. The Morgan fingerprint density at radius 3 is 2.73 bits per heavy atom. The zero-order valence-electron chi connectivity index (χ0n) is 15.1. The molecule has 0 unspecified atom stereocenters. The van der Waals surface area contributed by atoms with E-state index in [1.165, 1.54) is 0 Å². The molecule has 4 rings (SSSR count). The third-order valence-corrected chi connectivity index (χ3v) is 6.08. The zero-order valence-corrected chi connectivity index (χ0v) is 15.1. The van der Waals surface area contributed by atoms with Crippen molar-refractivity contribution >= 4 is 11.7 Å². The van der Waals surface area contributed by atoms with Gasteiger partial charge in [0.15, 0.2) is 6.04 Å². The number of hydrogen-bond acceptors (Lipinski definition) is 3. The predicted octanol–water partition coefficient (Wildman–Crippen LogP) is 3.90. The van der Waals surface area contributed by atoms with Gasteiger partial charge in [0.05, 0.1) is 11.7 Å². The lowest BCUT2D eigenvalue weighted by molar-refractivity contribution is -0.173. The molecule has 5 nitrogen and oxygen atoms in total. The van der Waals surface area contributed by atoms with Crippen LogP contribution in [0, 0.1) is 11.8 Å². The molecule has 1 N–H and O–H groups in total. The van der Waals surface area contributed by atoms with Crippen LogP contribution in [0.2, 0.25) is 0 Å². The van der Waals surface area contributed by atoms with Crippen LogP contribution < -0.4 is 5.32 Å². The number of aromatic nitrogens is 2. The highest BCUT2D eigenvalue weighted by atomic mass is 19.4. The number of carbonyl (C=O) groups excluding carboxylic acids is 1. The molecule has 1 amide bonds. The van der Waals surface area contributed by atoms with Crippen molar-refractivity contribution < 1.29 is 18.0 Å². The highest BCUT2D eigenvalue weighted by Gasteiger charge is 2.48. The minimum absolute atomic E-state index is 0.0129. The molecule has 1 saturated carbocycles. The van der Waals surface area contributed by atoms with E-state index in [-0.39, 0.29) is 30.3 Å². The van der Waals surface area contributed by atoms with Gasteiger partial charge in [0.2, 0.25) is 5.91 Å². The Morgan fingerprint density at radius 2 is 2.12 bits per heavy atom. The van der Waals surface area contributed by atoms with Gasteiger partial charge >= 0.3 is 6.18 Å². The molecule has 1 saturated heterocycles. The second-order valence-electron chi connectivity index (χ2n) is 7.95. The van der Waals surface area contributed by atoms with Crippen LogP contribution in [0.4, 0.5) is 19.0 Å². The number of rotatable bonds is 3. The van der Waals surface area contributed by atoms with Gasteiger partial charge in [-0.2, -0.15) is 18.3 Å². The molecule has 8 heteroatoms. The van der Waals surface area contributed by atoms with Gasteiger partial charge in [-0.1, -0.05) is 13.8 Å². The lowest BCUT2D eigenvalue weighted by atomic mass is 10.0. The van der Waals surface area contributed by atoms with Crippen molar-refractivity contribution in [2.45, 2.75) is 70.3 Å². The van der Waals surface area contributed by atoms with Crippen molar-refractivity contribution in [2.75, 3.05) is 11.9 Å². The fraction of sp³-hybridized carbons (Fsp3) is 0.778. The van der Waals surface area contributed by atoms with E-state index in [1.54, 1.807) is 6.07 Å². The number of fused-ring (bicyclic) bond motifs is 1. The third-order valence-electron chi connectivity index (χ3n) is 6.08. The second kappa shape index (κ2) is 6.16. The Morgan fingerprint density at radius 1 is 1.38 bits per heavy atom. The average molecular weight is 370 g/mol. The molecule has 0 radical (unpaired) electrons. The quantitative estimate of drug-likeness (QED) is 0.878. The molecule has 0 aromatic carbocycles. The molecule has 3 heterocycles. The van der Waals surface area contributed by atoms with Crippen LogP contribution >= 0.6 is 0 Å². The van der Waals surface area contributed by atoms with Crippen molar-refractivity contribution in [2.24, 2.45) is 11.8 Å². The Balaban J connectivity index is 1.62. The van der Waals surface area contributed by atoms with E-state index in [2.05, 4.69) is 17.3 Å². The van der Waals surface area contributed by atoms with Crippen LogP contribution in [0.5, 0.6) is 0 Å². The largest absolute Gasteiger partial charge is 0.410 e. The summed E-state index contributed by atoms with van der Waals surface area (Å²) in [6, 6.07) is -0.310. The normalized spacial score (nSPS) is 33.7. The highest BCUT2D eigenvalue weighted by molar-refractivity contribution is 5.82. The molecule has 1 aromatic rings. The van der Waals surface area contributed by atoms with E-state index in [0.717, 1.165) is 23.9 Å². The summed E-state index contributed by atoms with van der Waals surface area (Å²) in [5.74, 6) is 1.05. The predicted molar refractivity (Wildman–Crippen MR) is 90.6 cm³/mol. The Hall–Kier alpha value is -1.73. The maximum atomic E-state index is 13.5. The maximum Gasteiger partial charge on any atom is 0.410 e. The minimum atomic E-state index is -4.33. The third kappa shape index (κ3) is 2.97. The molecule has 0 spiro atoms. The Bertz CT molecular complexity index is 701. The van der Waals surface area contributed by atoms with Gasteiger partial charge in [-0.25, -0.2) is 4.68 Å². The smallest absolute Gasteiger partial charge is 0.367 e. The number of carbonyl (C=O) groups is 1. The summed E-state index contributed by atoms with van der Waals surface area (Å²) in [6.07, 6.45) is -1.17. The van der Waals surface area contributed by atoms with E-state index in [4.69, 9.17) is 0 Å². The number of amides is 1. The summed E-state index contributed by atoms with van der Waals surface area (Å²) < 4.78 is 41.7. The summed E-state index contributed by atoms with van der Waals surface area (Å²) in [5.41, 5.74) is 0.581. The minimum Gasteiger partial charge on any atom is -0.367 e. The van der Waals surface area contributed by atoms with E-state index in [1.807, 2.05) is 11.8 Å². The first-order valence-electron chi connectivity index (χ1n) is 9.52. The molecular formula is C18H25F3N4O. The summed E-state index contributed by atoms with van der Waals surface area (Å²) >= 11 is 0. The second-order valence-corrected chi connectivity index (χ2v) is 7.95. The Labute approximate surface area is 150 Å². The fourth-order valence-corrected chi connectivity index (χ4v) is 4.32. The highest BCUT2D eigenvalue weighted by Crippen LogP contribution is 2.45. The van der Waals surface area contributed by atoms with Gasteiger partial charge in [-0.15, -0.1) is 0 Å². The lowest BCUT2D eigenvalue weighted by Crippen LogP contribution is -2.39. The first-order valence-corrected chi connectivity index (χ1v) is 9.52. The fourth-order valence-electron chi connectivity index (χ4n) is 4.32. The number of anilines is 1. The molecule has 5 atom stereocenters. The van der Waals surface area contributed by atoms with E-state index in [0.29, 0.717) is 30.4 Å². The first-order chi connectivity index (χ1) is 12.3. The van der Waals surface area contributed by atoms with Crippen molar-refractivity contribution in [1.29, 1.82) is 0 Å². The molecule has 3 aliphatic rings. The number of likely N-dealkylation sites (tertiary alicyclic amines) is 1. The van der Waals surface area contributed by atoms with Crippen molar-refractivity contribution in [3.05, 3.63) is 11.8 Å². The van der Waals surface area contributed by atoms with Gasteiger partial charge < -0.3 is 10.2 Å². The topological polar surface area (TPSA) is 50.2 Å². The van der Waals surface area contributed by atoms with Gasteiger partial charge in [0.1, 0.15) is 5.82 Å². The van der Waals surface area contributed by atoms with Gasteiger partial charge in [-0.05, 0) is 38.0 Å². The molecule has 26 heavy (non-hydrogen) atoms. The SMILES string of the molecule is CC[C@@H]1C[C@H](C(F)(F)F)n2nc([C@@H]3CCCN3C(=O)[C@@H]3C[C@H]3C)cc2N1. The summed E-state index contributed by atoms with van der Waals surface area (Å²) in [6.45, 7) is 4.61. The number of nitrogens with zero attached hydrogens (tertiary/aromatic N) is 3. The molecule has 1 aromatic heterocycles. The van der Waals surface area contributed by atoms with Crippen molar-refractivity contribution in [1.82, 2.24) is 14.7 Å². The van der Waals surface area contributed by atoms with Gasteiger partial charge in [0, 0.05) is 24.6 Å². The average Bonchev–Trinajstić information content (AvgIpc) is 3.01. The molecule has 0 bridgehead atoms. The van der Waals surface area contributed by atoms with E-state index >= 15 is 0 Å². The van der Waals surface area contributed by atoms with Crippen LogP contribution in [0.1, 0.15) is 63.7 Å². The van der Waals surface area contributed by atoms with Crippen LogP contribution in [0.3, 0.4) is 0 Å². The summed E-state index contributed by atoms with van der Waals surface area (Å²) in [7, 11) is 0. The van der Waals surface area contributed by atoms with Crippen molar-refractivity contribution in [3.63, 3.8) is 0 Å². The van der Waals surface area contributed by atoms with Crippen molar-refractivity contribution in [3.8, 4) is 0 Å². The molecule has 2 aliphatic heterocycles. The van der Waals surface area contributed by atoms with E-state index in [9.17, 15) is 18.0 Å². The van der Waals surface area contributed by atoms with E-state index < -0.39 is 12.2 Å². The standard InChI is InChI=1S/C18H25F3N4O/c1-3-11-8-15(18(19,20)21)25-16(22-11)9-13(23-25)14-5-4-6-24(14)17(26)12-7-10(12)2/h9-12,14-15,22H,3-8H2,1-2H3/t10-,11-,12-,14+,15-/m1/s1. The molecule has 144 valence electrons. The number of halogens is 3. The summed E-state index contributed by atoms with van der Waals surface area (Å²) in [4.78, 5) is 14.5. The number of alkyl halides is 3. The number of nitrogens with one attached hydrogen (secondary N) is 1. The molecular weight excluding hydrogens is 345 g/mol. The van der Waals surface area contributed by atoms with Crippen LogP contribution in [0.15, 0.2) is 6.07 Å². The van der Waals surface area contributed by atoms with Gasteiger partial charge in [-0.3, -0.25) is 4.79 Å². The monoisotopic (exact) mass is 370 g/mol. The molecule has 2 fully saturated rings. The first kappa shape index (κ1) is 17.7. The van der Waals surface area contributed by atoms with Gasteiger partial charge in [0.25, 0.3) is 0 Å². The summed E-state index contributed by atoms with van der Waals surface area (Å²) in [5, 5.41) is 7.50. The van der Waals surface area contributed by atoms with Crippen LogP contribution in [0.25, 0.3) is 0 Å².